The predicted octanol–water partition coefficient (Wildman–Crippen LogP) is 3.69. The zero-order valence-corrected chi connectivity index (χ0v) is 18.4. The molecule has 0 aliphatic rings. The topological polar surface area (TPSA) is 95.1 Å². The maximum Gasteiger partial charge on any atom is 0.224 e. The first-order valence-corrected chi connectivity index (χ1v) is 10.7. The number of benzene rings is 2. The first kappa shape index (κ1) is 20.7. The molecule has 5 aromatic rings. The Balaban J connectivity index is 1.48. The summed E-state index contributed by atoms with van der Waals surface area (Å²) < 4.78 is 13.3. The van der Waals surface area contributed by atoms with Gasteiger partial charge in [-0.05, 0) is 30.3 Å². The van der Waals surface area contributed by atoms with E-state index in [0.29, 0.717) is 30.1 Å². The third-order valence-corrected chi connectivity index (χ3v) is 5.54. The molecule has 3 heterocycles. The summed E-state index contributed by atoms with van der Waals surface area (Å²) in [6.45, 7) is 0.459. The van der Waals surface area contributed by atoms with E-state index in [4.69, 9.17) is 9.15 Å². The monoisotopic (exact) mass is 441 g/mol. The van der Waals surface area contributed by atoms with Crippen LogP contribution in [0.15, 0.2) is 65.5 Å². The highest BCUT2D eigenvalue weighted by Gasteiger charge is 2.20. The number of nitrogens with zero attached hydrogens (tertiary/aromatic N) is 4. The number of fused-ring (bicyclic) bond motifs is 3. The molecule has 0 saturated heterocycles. The summed E-state index contributed by atoms with van der Waals surface area (Å²) >= 11 is 0. The molecule has 3 aromatic heterocycles. The average Bonchev–Trinajstić information content (AvgIpc) is 3.42. The number of ether oxygens (including phenoxy) is 1. The molecule has 0 radical (unpaired) electrons. The molecule has 1 amide bonds. The van der Waals surface area contributed by atoms with Gasteiger partial charge in [0.2, 0.25) is 5.91 Å². The van der Waals surface area contributed by atoms with Crippen molar-refractivity contribution in [3.63, 3.8) is 0 Å². The summed E-state index contributed by atoms with van der Waals surface area (Å²) in [6.07, 6.45) is 4.14. The Kier molecular flexibility index (Phi) is 5.48. The lowest BCUT2D eigenvalue weighted by Crippen LogP contribution is -2.27. The second kappa shape index (κ2) is 8.74. The van der Waals surface area contributed by atoms with Gasteiger partial charge in [-0.3, -0.25) is 14.5 Å². The Bertz CT molecular complexity index is 1440. The molecule has 0 unspecified atom stereocenters. The second-order valence-corrected chi connectivity index (χ2v) is 7.77. The average molecular weight is 441 g/mol. The van der Waals surface area contributed by atoms with E-state index in [1.54, 1.807) is 24.3 Å². The lowest BCUT2D eigenvalue weighted by molar-refractivity contribution is -0.120. The number of aromatic nitrogens is 4. The molecule has 8 heteroatoms. The van der Waals surface area contributed by atoms with Gasteiger partial charge in [-0.25, -0.2) is 4.98 Å². The van der Waals surface area contributed by atoms with Gasteiger partial charge in [-0.2, -0.15) is 5.10 Å². The highest BCUT2D eigenvalue weighted by Crippen LogP contribution is 2.37. The maximum absolute atomic E-state index is 12.9. The normalized spacial score (nSPS) is 11.2. The number of pyridine rings is 1. The molecule has 2 aromatic carbocycles. The molecule has 33 heavy (non-hydrogen) atoms. The van der Waals surface area contributed by atoms with Crippen LogP contribution in [-0.4, -0.2) is 39.3 Å². The molecule has 1 N–H and O–H groups in total. The van der Waals surface area contributed by atoms with Crippen molar-refractivity contribution in [2.24, 2.45) is 7.05 Å². The standard InChI is InChI=1S/C25H23N5O3/c1-30-15-28-21(29-30)11-13-26-22(31)14-20-19-10-7-16-4-3-12-27-23(16)25(19)33-24(20)17-5-8-18(32-2)9-6-17/h3-10,12,15H,11,13-14H2,1-2H3,(H,26,31). The van der Waals surface area contributed by atoms with Gasteiger partial charge in [0.25, 0.3) is 0 Å². The first-order chi connectivity index (χ1) is 16.1. The third-order valence-electron chi connectivity index (χ3n) is 5.54. The minimum atomic E-state index is -0.0930. The van der Waals surface area contributed by atoms with Crippen LogP contribution in [0.3, 0.4) is 0 Å². The largest absolute Gasteiger partial charge is 0.497 e. The molecule has 0 saturated carbocycles. The van der Waals surface area contributed by atoms with Crippen LogP contribution in [0.2, 0.25) is 0 Å². The molecular weight excluding hydrogens is 418 g/mol. The van der Waals surface area contributed by atoms with E-state index >= 15 is 0 Å². The van der Waals surface area contributed by atoms with Crippen molar-refractivity contribution in [3.05, 3.63) is 72.4 Å². The zero-order valence-electron chi connectivity index (χ0n) is 18.4. The Hall–Kier alpha value is -4.20. The van der Waals surface area contributed by atoms with Gasteiger partial charge in [-0.1, -0.05) is 18.2 Å². The van der Waals surface area contributed by atoms with Crippen molar-refractivity contribution in [1.29, 1.82) is 0 Å². The van der Waals surface area contributed by atoms with Gasteiger partial charge in [0.1, 0.15) is 23.4 Å². The van der Waals surface area contributed by atoms with Crippen LogP contribution in [0, 0.1) is 0 Å². The molecule has 8 nitrogen and oxygen atoms in total. The van der Waals surface area contributed by atoms with Crippen molar-refractivity contribution in [2.75, 3.05) is 13.7 Å². The van der Waals surface area contributed by atoms with Crippen molar-refractivity contribution in [1.82, 2.24) is 25.1 Å². The molecule has 166 valence electrons. The Morgan fingerprint density at radius 2 is 1.97 bits per heavy atom. The van der Waals surface area contributed by atoms with Crippen LogP contribution in [0.1, 0.15) is 11.4 Å². The minimum Gasteiger partial charge on any atom is -0.497 e. The van der Waals surface area contributed by atoms with Crippen molar-refractivity contribution in [3.8, 4) is 17.1 Å². The predicted molar refractivity (Wildman–Crippen MR) is 125 cm³/mol. The number of hydrogen-bond donors (Lipinski definition) is 1. The number of carbonyl (C=O) groups is 1. The van der Waals surface area contributed by atoms with Crippen molar-refractivity contribution in [2.45, 2.75) is 12.8 Å². The molecule has 0 bridgehead atoms. The summed E-state index contributed by atoms with van der Waals surface area (Å²) in [6, 6.07) is 15.5. The van der Waals surface area contributed by atoms with Gasteiger partial charge in [0, 0.05) is 48.1 Å². The number of hydrogen-bond acceptors (Lipinski definition) is 6. The number of aryl methyl sites for hydroxylation is 1. The minimum absolute atomic E-state index is 0.0930. The number of nitrogens with one attached hydrogen (secondary N) is 1. The Labute approximate surface area is 190 Å². The molecule has 0 aliphatic heterocycles. The van der Waals surface area contributed by atoms with Gasteiger partial charge in [-0.15, -0.1) is 0 Å². The summed E-state index contributed by atoms with van der Waals surface area (Å²) in [5, 5.41) is 9.08. The number of rotatable bonds is 7. The first-order valence-electron chi connectivity index (χ1n) is 10.7. The van der Waals surface area contributed by atoms with Crippen LogP contribution >= 0.6 is 0 Å². The van der Waals surface area contributed by atoms with Crippen LogP contribution in [-0.2, 0) is 24.7 Å². The second-order valence-electron chi connectivity index (χ2n) is 7.77. The quantitative estimate of drug-likeness (QED) is 0.414. The fourth-order valence-electron chi connectivity index (χ4n) is 3.93. The van der Waals surface area contributed by atoms with Crippen LogP contribution in [0.25, 0.3) is 33.2 Å². The SMILES string of the molecule is COc1ccc(-c2oc3c(ccc4cccnc43)c2CC(=O)NCCc2ncn(C)n2)cc1. The Morgan fingerprint density at radius 1 is 1.12 bits per heavy atom. The van der Waals surface area contributed by atoms with Gasteiger partial charge in [0.05, 0.1) is 13.5 Å². The number of methoxy groups -OCH3 is 1. The van der Waals surface area contributed by atoms with E-state index in [2.05, 4.69) is 20.4 Å². The fraction of sp³-hybridized carbons (Fsp3) is 0.200. The molecule has 0 spiro atoms. The Morgan fingerprint density at radius 3 is 2.73 bits per heavy atom. The molecule has 5 rings (SSSR count). The number of carbonyl (C=O) groups excluding carboxylic acids is 1. The van der Waals surface area contributed by atoms with Crippen molar-refractivity contribution >= 4 is 27.8 Å². The van der Waals surface area contributed by atoms with E-state index in [1.165, 1.54) is 0 Å². The molecule has 0 fully saturated rings. The van der Waals surface area contributed by atoms with E-state index < -0.39 is 0 Å². The maximum atomic E-state index is 12.9. The zero-order chi connectivity index (χ0) is 22.8. The van der Waals surface area contributed by atoms with E-state index in [-0.39, 0.29) is 12.3 Å². The van der Waals surface area contributed by atoms with Gasteiger partial charge in [0.15, 0.2) is 11.4 Å². The smallest absolute Gasteiger partial charge is 0.224 e. The van der Waals surface area contributed by atoms with Gasteiger partial charge < -0.3 is 14.5 Å². The lowest BCUT2D eigenvalue weighted by Gasteiger charge is -2.06. The van der Waals surface area contributed by atoms with Gasteiger partial charge >= 0.3 is 0 Å². The van der Waals surface area contributed by atoms with E-state index in [0.717, 1.165) is 33.2 Å². The third kappa shape index (κ3) is 4.15. The lowest BCUT2D eigenvalue weighted by atomic mass is 10.0. The van der Waals surface area contributed by atoms with Crippen molar-refractivity contribution < 1.29 is 13.9 Å². The fourth-order valence-corrected chi connectivity index (χ4v) is 3.93. The summed E-state index contributed by atoms with van der Waals surface area (Å²) in [4.78, 5) is 21.6. The molecule has 0 aliphatic carbocycles. The summed E-state index contributed by atoms with van der Waals surface area (Å²) in [5.74, 6) is 2.02. The highest BCUT2D eigenvalue weighted by molar-refractivity contribution is 6.06. The van der Waals surface area contributed by atoms with Crippen LogP contribution < -0.4 is 10.1 Å². The number of furan rings is 1. The molecular formula is C25H23N5O3. The highest BCUT2D eigenvalue weighted by atomic mass is 16.5. The summed E-state index contributed by atoms with van der Waals surface area (Å²) in [7, 11) is 3.45. The van der Waals surface area contributed by atoms with Crippen LogP contribution in [0.4, 0.5) is 0 Å². The van der Waals surface area contributed by atoms with E-state index in [9.17, 15) is 4.79 Å². The molecule has 0 atom stereocenters. The van der Waals surface area contributed by atoms with Crippen LogP contribution in [0.5, 0.6) is 5.75 Å². The van der Waals surface area contributed by atoms with E-state index in [1.807, 2.05) is 55.6 Å². The number of amides is 1. The summed E-state index contributed by atoms with van der Waals surface area (Å²) in [5.41, 5.74) is 3.16.